The lowest BCUT2D eigenvalue weighted by Crippen LogP contribution is -2.34. The van der Waals surface area contributed by atoms with Gasteiger partial charge in [0.05, 0.1) is 17.5 Å². The summed E-state index contributed by atoms with van der Waals surface area (Å²) < 4.78 is 0. The molecule has 1 aromatic rings. The maximum absolute atomic E-state index is 13.3. The smallest absolute Gasteiger partial charge is 0.238 e. The summed E-state index contributed by atoms with van der Waals surface area (Å²) in [6.07, 6.45) is 4.29. The van der Waals surface area contributed by atoms with Crippen LogP contribution in [0.3, 0.4) is 0 Å². The van der Waals surface area contributed by atoms with Crippen molar-refractivity contribution in [3.8, 4) is 0 Å². The normalized spacial score (nSPS) is 30.0. The van der Waals surface area contributed by atoms with Gasteiger partial charge in [0.15, 0.2) is 0 Å². The van der Waals surface area contributed by atoms with Crippen LogP contribution in [0.25, 0.3) is 0 Å². The van der Waals surface area contributed by atoms with Crippen LogP contribution in [0.5, 0.6) is 0 Å². The van der Waals surface area contributed by atoms with Gasteiger partial charge in [0.1, 0.15) is 0 Å². The van der Waals surface area contributed by atoms with Crippen LogP contribution in [0.15, 0.2) is 41.5 Å². The molecule has 0 radical (unpaired) electrons. The second kappa shape index (κ2) is 5.42. The van der Waals surface area contributed by atoms with Gasteiger partial charge in [-0.05, 0) is 37.8 Å². The number of carbonyl (C=O) groups is 2. The average Bonchev–Trinajstić information content (AvgIpc) is 3.18. The molecule has 3 heteroatoms. The number of rotatable bonds is 2. The van der Waals surface area contributed by atoms with Gasteiger partial charge >= 0.3 is 0 Å². The number of fused-ring (bicyclic) bond motifs is 5. The Morgan fingerprint density at radius 3 is 2.04 bits per heavy atom. The molecule has 4 atom stereocenters. The van der Waals surface area contributed by atoms with Crippen LogP contribution in [-0.4, -0.2) is 11.8 Å². The van der Waals surface area contributed by atoms with Crippen molar-refractivity contribution in [3.63, 3.8) is 0 Å². The number of anilines is 1. The van der Waals surface area contributed by atoms with Crippen molar-refractivity contribution >= 4 is 17.5 Å². The van der Waals surface area contributed by atoms with Crippen molar-refractivity contribution in [1.29, 1.82) is 0 Å². The number of hydrogen-bond acceptors (Lipinski definition) is 2. The first-order valence-electron chi connectivity index (χ1n) is 9.17. The highest BCUT2D eigenvalue weighted by molar-refractivity contribution is 6.24. The zero-order valence-electron chi connectivity index (χ0n) is 15.5. The summed E-state index contributed by atoms with van der Waals surface area (Å²) in [5.41, 5.74) is 5.44. The molecule has 2 bridgehead atoms. The van der Waals surface area contributed by atoms with Gasteiger partial charge in [-0.1, -0.05) is 55.3 Å². The molecule has 0 unspecified atom stereocenters. The zero-order valence-corrected chi connectivity index (χ0v) is 15.5. The summed E-state index contributed by atoms with van der Waals surface area (Å²) >= 11 is 0. The summed E-state index contributed by atoms with van der Waals surface area (Å²) in [5, 5.41) is 0. The highest BCUT2D eigenvalue weighted by Gasteiger charge is 2.62. The minimum atomic E-state index is -0.216. The molecular formula is C22H25NO2. The van der Waals surface area contributed by atoms with E-state index in [0.717, 1.165) is 16.8 Å². The van der Waals surface area contributed by atoms with Gasteiger partial charge < -0.3 is 0 Å². The monoisotopic (exact) mass is 335 g/mol. The van der Waals surface area contributed by atoms with E-state index in [1.165, 1.54) is 16.0 Å². The summed E-state index contributed by atoms with van der Waals surface area (Å²) in [5.74, 6) is 0.0164. The van der Waals surface area contributed by atoms with Crippen molar-refractivity contribution < 1.29 is 9.59 Å². The number of carbonyl (C=O) groups excluding carboxylic acids is 2. The lowest BCUT2D eigenvalue weighted by Gasteiger charge is -2.25. The van der Waals surface area contributed by atoms with Gasteiger partial charge in [0.25, 0.3) is 0 Å². The van der Waals surface area contributed by atoms with Crippen molar-refractivity contribution in [2.45, 2.75) is 40.5 Å². The van der Waals surface area contributed by atoms with Crippen molar-refractivity contribution in [3.05, 3.63) is 52.6 Å². The predicted octanol–water partition coefficient (Wildman–Crippen LogP) is 4.38. The Morgan fingerprint density at radius 1 is 1.00 bits per heavy atom. The molecule has 0 spiro atoms. The van der Waals surface area contributed by atoms with Gasteiger partial charge in [-0.3, -0.25) is 9.59 Å². The molecule has 1 aliphatic heterocycles. The standard InChI is InChI=1S/C22H25NO2/c1-11(2)14-8-6-7-13(5)20(14)23-21(24)18-15-9-10-16(17(15)12(3)4)19(18)22(23)25/h6-11,15-16,18-19H,1-5H3/t15-,16-,18-,19-/m0/s1. The fourth-order valence-corrected chi connectivity index (χ4v) is 5.10. The average molecular weight is 335 g/mol. The number of hydrogen-bond donors (Lipinski definition) is 0. The molecule has 0 aromatic heterocycles. The van der Waals surface area contributed by atoms with Crippen LogP contribution in [-0.2, 0) is 9.59 Å². The Kier molecular flexibility index (Phi) is 3.54. The number of nitrogens with zero attached hydrogens (tertiary/aromatic N) is 1. The Hall–Kier alpha value is -2.16. The molecule has 2 fully saturated rings. The molecule has 3 aliphatic rings. The Balaban J connectivity index is 1.83. The maximum Gasteiger partial charge on any atom is 0.238 e. The molecule has 1 saturated carbocycles. The third-order valence-corrected chi connectivity index (χ3v) is 6.11. The van der Waals surface area contributed by atoms with Crippen LogP contribution in [0.2, 0.25) is 0 Å². The first-order chi connectivity index (χ1) is 11.8. The van der Waals surface area contributed by atoms with E-state index in [9.17, 15) is 9.59 Å². The highest BCUT2D eigenvalue weighted by Crippen LogP contribution is 2.57. The van der Waals surface area contributed by atoms with E-state index in [0.29, 0.717) is 0 Å². The highest BCUT2D eigenvalue weighted by atomic mass is 16.2. The van der Waals surface area contributed by atoms with Crippen LogP contribution in [0.4, 0.5) is 5.69 Å². The van der Waals surface area contributed by atoms with E-state index in [2.05, 4.69) is 39.8 Å². The second-order valence-corrected chi connectivity index (χ2v) is 8.12. The SMILES string of the molecule is CC(C)=C1[C@@H]2C=C[C@@H]1[C@@H]1C(=O)N(c3c(C)cccc3C(C)C)C(=O)[C@H]12. The summed E-state index contributed by atoms with van der Waals surface area (Å²) in [4.78, 5) is 28.2. The molecule has 0 N–H and O–H groups in total. The third kappa shape index (κ3) is 2.04. The topological polar surface area (TPSA) is 37.4 Å². The lowest BCUT2D eigenvalue weighted by molar-refractivity contribution is -0.123. The fraction of sp³-hybridized carbons (Fsp3) is 0.455. The Bertz CT molecular complexity index is 808. The Labute approximate surface area is 149 Å². The van der Waals surface area contributed by atoms with Gasteiger partial charge in [-0.2, -0.15) is 0 Å². The lowest BCUT2D eigenvalue weighted by atomic mass is 9.85. The number of para-hydroxylation sites is 1. The molecule has 25 heavy (non-hydrogen) atoms. The number of aryl methyl sites for hydroxylation is 1. The predicted molar refractivity (Wildman–Crippen MR) is 99.2 cm³/mol. The maximum atomic E-state index is 13.3. The van der Waals surface area contributed by atoms with Gasteiger partial charge in [0, 0.05) is 11.8 Å². The first-order valence-corrected chi connectivity index (χ1v) is 9.17. The third-order valence-electron chi connectivity index (χ3n) is 6.11. The van der Waals surface area contributed by atoms with Crippen LogP contribution in [0, 0.1) is 30.6 Å². The van der Waals surface area contributed by atoms with Gasteiger partial charge in [-0.15, -0.1) is 0 Å². The zero-order chi connectivity index (χ0) is 18.0. The molecule has 1 saturated heterocycles. The van der Waals surface area contributed by atoms with Gasteiger partial charge in [0.2, 0.25) is 11.8 Å². The van der Waals surface area contributed by atoms with E-state index in [1.54, 1.807) is 0 Å². The molecule has 130 valence electrons. The molecular weight excluding hydrogens is 310 g/mol. The van der Waals surface area contributed by atoms with E-state index in [4.69, 9.17) is 0 Å². The summed E-state index contributed by atoms with van der Waals surface area (Å²) in [6.45, 7) is 10.4. The molecule has 3 nitrogen and oxygen atoms in total. The van der Waals surface area contributed by atoms with Gasteiger partial charge in [-0.25, -0.2) is 4.90 Å². The van der Waals surface area contributed by atoms with Crippen LogP contribution < -0.4 is 4.90 Å². The molecule has 4 rings (SSSR count). The van der Waals surface area contributed by atoms with E-state index in [1.807, 2.05) is 25.1 Å². The first kappa shape index (κ1) is 16.3. The summed E-state index contributed by atoms with van der Waals surface area (Å²) in [7, 11) is 0. The number of allylic oxidation sites excluding steroid dienone is 4. The number of amides is 2. The fourth-order valence-electron chi connectivity index (χ4n) is 5.10. The van der Waals surface area contributed by atoms with E-state index >= 15 is 0 Å². The molecule has 2 amide bonds. The van der Waals surface area contributed by atoms with Crippen molar-refractivity contribution in [2.75, 3.05) is 4.90 Å². The Morgan fingerprint density at radius 2 is 1.56 bits per heavy atom. The molecule has 1 aromatic carbocycles. The second-order valence-electron chi connectivity index (χ2n) is 8.12. The van der Waals surface area contributed by atoms with E-state index in [-0.39, 0.29) is 41.4 Å². The van der Waals surface area contributed by atoms with Crippen molar-refractivity contribution in [2.24, 2.45) is 23.7 Å². The number of imide groups is 1. The van der Waals surface area contributed by atoms with E-state index < -0.39 is 0 Å². The minimum absolute atomic E-state index is 0.0122. The molecule has 1 heterocycles. The van der Waals surface area contributed by atoms with Crippen LogP contribution >= 0.6 is 0 Å². The molecule has 2 aliphatic carbocycles. The minimum Gasteiger partial charge on any atom is -0.274 e. The largest absolute Gasteiger partial charge is 0.274 e. The van der Waals surface area contributed by atoms with Crippen LogP contribution in [0.1, 0.15) is 44.7 Å². The summed E-state index contributed by atoms with van der Waals surface area (Å²) in [6, 6.07) is 6.03. The number of benzene rings is 1. The quantitative estimate of drug-likeness (QED) is 0.594. The van der Waals surface area contributed by atoms with Crippen molar-refractivity contribution in [1.82, 2.24) is 0 Å².